The van der Waals surface area contributed by atoms with Crippen LogP contribution in [0.4, 0.5) is 0 Å². The van der Waals surface area contributed by atoms with Crippen molar-refractivity contribution in [1.82, 2.24) is 25.3 Å². The third kappa shape index (κ3) is 5.48. The van der Waals surface area contributed by atoms with Crippen molar-refractivity contribution in [2.75, 3.05) is 7.05 Å². The summed E-state index contributed by atoms with van der Waals surface area (Å²) in [5.41, 5.74) is 14.4. The van der Waals surface area contributed by atoms with Gasteiger partial charge in [0.1, 0.15) is 0 Å². The molecule has 3 aromatic rings. The Labute approximate surface area is 251 Å². The maximum absolute atomic E-state index is 12.2. The Balaban J connectivity index is 1.92. The van der Waals surface area contributed by atoms with Gasteiger partial charge in [-0.1, -0.05) is 25.3 Å². The second-order valence-electron chi connectivity index (χ2n) is 11.0. The maximum Gasteiger partial charge on any atom is 0.303 e. The van der Waals surface area contributed by atoms with Crippen molar-refractivity contribution in [3.63, 3.8) is 0 Å². The van der Waals surface area contributed by atoms with E-state index in [1.165, 1.54) is 0 Å². The van der Waals surface area contributed by atoms with E-state index in [4.69, 9.17) is 9.97 Å². The molecule has 8 bridgehead atoms. The van der Waals surface area contributed by atoms with E-state index in [9.17, 15) is 14.7 Å². The lowest BCUT2D eigenvalue weighted by Crippen LogP contribution is -2.17. The molecular weight excluding hydrogens is 538 g/mol. The molecule has 8 heteroatoms. The van der Waals surface area contributed by atoms with Gasteiger partial charge < -0.3 is 20.4 Å². The monoisotopic (exact) mass is 575 g/mol. The smallest absolute Gasteiger partial charge is 0.303 e. The van der Waals surface area contributed by atoms with Crippen molar-refractivity contribution in [3.05, 3.63) is 88.5 Å². The summed E-state index contributed by atoms with van der Waals surface area (Å²) in [7, 11) is 1.63. The van der Waals surface area contributed by atoms with Crippen LogP contribution in [0.1, 0.15) is 78.1 Å². The molecule has 4 N–H and O–H groups in total. The zero-order chi connectivity index (χ0) is 31.0. The van der Waals surface area contributed by atoms with Crippen molar-refractivity contribution in [3.8, 4) is 0 Å². The van der Waals surface area contributed by atoms with Crippen LogP contribution in [-0.2, 0) is 16.0 Å². The first-order valence-electron chi connectivity index (χ1n) is 14.4. The number of fused-ring (bicyclic) bond motifs is 8. The van der Waals surface area contributed by atoms with Gasteiger partial charge in [0.2, 0.25) is 5.91 Å². The molecule has 5 rings (SSSR count). The number of aromatic amines is 2. The summed E-state index contributed by atoms with van der Waals surface area (Å²) in [5, 5.41) is 12.2. The average Bonchev–Trinajstić information content (AvgIpc) is 3.63. The van der Waals surface area contributed by atoms with Gasteiger partial charge in [-0.2, -0.15) is 0 Å². The van der Waals surface area contributed by atoms with Gasteiger partial charge in [0.15, 0.2) is 0 Å². The molecule has 0 saturated carbocycles. The third-order valence-electron chi connectivity index (χ3n) is 8.51. The normalized spacial score (nSPS) is 13.0. The number of amides is 1. The Bertz CT molecular complexity index is 1930. The second kappa shape index (κ2) is 11.7. The van der Waals surface area contributed by atoms with Crippen molar-refractivity contribution in [2.45, 2.75) is 53.4 Å². The number of aromatic nitrogens is 4. The molecule has 220 valence electrons. The van der Waals surface area contributed by atoms with Gasteiger partial charge in [-0.05, 0) is 98.2 Å². The van der Waals surface area contributed by atoms with Crippen LogP contribution in [0, 0.1) is 13.8 Å². The number of nitrogens with zero attached hydrogens (tertiary/aromatic N) is 2. The van der Waals surface area contributed by atoms with Gasteiger partial charge >= 0.3 is 5.97 Å². The lowest BCUT2D eigenvalue weighted by atomic mass is 9.99. The van der Waals surface area contributed by atoms with Crippen molar-refractivity contribution in [2.24, 2.45) is 0 Å². The second-order valence-corrected chi connectivity index (χ2v) is 11.0. The standard InChI is InChI=1S/C35H37N5O3/c1-8-22-18(3)26-14-27-21(6)25(11-13-35(42)43)33(39-27)17-32-24(10-12-34(41)36-7)20(5)29(40-32)16-31-23(9-2)19(4)28(38-31)15-30(22)37-26/h8-9,14-17,37,39H,1-2,10-13H2,3-7H3,(H,36,41)(H,42,43). The van der Waals surface area contributed by atoms with Crippen LogP contribution in [0.5, 0.6) is 0 Å². The molecule has 2 aliphatic heterocycles. The Morgan fingerprint density at radius 2 is 1.44 bits per heavy atom. The molecule has 3 aromatic heterocycles. The number of H-pyrrole nitrogens is 2. The highest BCUT2D eigenvalue weighted by Crippen LogP contribution is 2.37. The lowest BCUT2D eigenvalue weighted by molar-refractivity contribution is -0.137. The fraction of sp³-hybridized carbons (Fsp3) is 0.257. The first-order chi connectivity index (χ1) is 20.6. The van der Waals surface area contributed by atoms with Gasteiger partial charge in [0, 0.05) is 53.1 Å². The third-order valence-corrected chi connectivity index (χ3v) is 8.51. The molecule has 0 saturated heterocycles. The van der Waals surface area contributed by atoms with Crippen LogP contribution in [-0.4, -0.2) is 44.0 Å². The summed E-state index contributed by atoms with van der Waals surface area (Å²) in [4.78, 5) is 41.0. The maximum atomic E-state index is 12.2. The Kier molecular flexibility index (Phi) is 8.04. The minimum absolute atomic E-state index is 0.00466. The van der Waals surface area contributed by atoms with E-state index >= 15 is 0 Å². The van der Waals surface area contributed by atoms with E-state index in [2.05, 4.69) is 41.4 Å². The van der Waals surface area contributed by atoms with Crippen LogP contribution in [0.15, 0.2) is 43.5 Å². The Morgan fingerprint density at radius 1 is 0.791 bits per heavy atom. The number of carboxylic acids is 1. The number of carbonyl (C=O) groups is 2. The number of aryl methyl sites for hydroxylation is 3. The molecule has 0 unspecified atom stereocenters. The fourth-order valence-electron chi connectivity index (χ4n) is 5.90. The first-order valence-corrected chi connectivity index (χ1v) is 14.4. The Morgan fingerprint density at radius 3 is 2.12 bits per heavy atom. The van der Waals surface area contributed by atoms with E-state index < -0.39 is 5.97 Å². The minimum Gasteiger partial charge on any atom is -0.481 e. The highest BCUT2D eigenvalue weighted by atomic mass is 16.4. The number of nitrogens with one attached hydrogen (secondary N) is 3. The summed E-state index contributed by atoms with van der Waals surface area (Å²) in [6.45, 7) is 16.2. The minimum atomic E-state index is -0.855. The van der Waals surface area contributed by atoms with Crippen LogP contribution in [0.3, 0.4) is 0 Å². The van der Waals surface area contributed by atoms with Gasteiger partial charge in [-0.3, -0.25) is 9.59 Å². The number of hydrogen-bond donors (Lipinski definition) is 4. The van der Waals surface area contributed by atoms with E-state index in [1.54, 1.807) is 7.05 Å². The molecule has 8 nitrogen and oxygen atoms in total. The lowest BCUT2D eigenvalue weighted by Gasteiger charge is -2.05. The zero-order valence-corrected chi connectivity index (χ0v) is 25.4. The summed E-state index contributed by atoms with van der Waals surface area (Å²) in [5.74, 6) is -0.904. The molecule has 1 amide bonds. The molecule has 0 spiro atoms. The van der Waals surface area contributed by atoms with Gasteiger partial charge in [0.25, 0.3) is 0 Å². The van der Waals surface area contributed by atoms with Crippen LogP contribution < -0.4 is 5.32 Å². The number of allylic oxidation sites excluding steroid dienone is 5. The molecule has 0 fully saturated rings. The van der Waals surface area contributed by atoms with E-state index in [1.807, 2.05) is 51.1 Å². The van der Waals surface area contributed by atoms with E-state index in [0.717, 1.165) is 89.4 Å². The summed E-state index contributed by atoms with van der Waals surface area (Å²) in [6, 6.07) is 8.06. The number of aliphatic carboxylic acids is 1. The Hall–Kier alpha value is -4.98. The van der Waals surface area contributed by atoms with Crippen molar-refractivity contribution >= 4 is 62.3 Å². The number of carboxylic acid groups (broad SMARTS) is 1. The molecule has 0 radical (unpaired) electrons. The van der Waals surface area contributed by atoms with Gasteiger partial charge in [0.05, 0.1) is 22.8 Å². The van der Waals surface area contributed by atoms with Crippen molar-refractivity contribution in [1.29, 1.82) is 0 Å². The summed E-state index contributed by atoms with van der Waals surface area (Å²) in [6.07, 6.45) is 4.87. The van der Waals surface area contributed by atoms with Crippen LogP contribution in [0.25, 0.3) is 50.4 Å². The van der Waals surface area contributed by atoms with Gasteiger partial charge in [-0.25, -0.2) is 9.97 Å². The molecule has 0 aromatic carbocycles. The number of rotatable bonds is 8. The fourth-order valence-corrected chi connectivity index (χ4v) is 5.90. The quantitative estimate of drug-likeness (QED) is 0.227. The van der Waals surface area contributed by atoms with E-state index in [-0.39, 0.29) is 12.3 Å². The number of hydrogen-bond acceptors (Lipinski definition) is 4. The van der Waals surface area contributed by atoms with E-state index in [0.29, 0.717) is 19.3 Å². The molecule has 0 atom stereocenters. The molecule has 5 heterocycles. The largest absolute Gasteiger partial charge is 0.481 e. The molecule has 2 aliphatic rings. The molecule has 43 heavy (non-hydrogen) atoms. The highest BCUT2D eigenvalue weighted by molar-refractivity contribution is 5.98. The highest BCUT2D eigenvalue weighted by Gasteiger charge is 2.21. The SMILES string of the molecule is C=CC1=C(C)c2cc3[nH]c(cc4[nH]c(cc5nc(cc1n2)C(C)=C5CCC(=O)NC)c(CCC(=O)O)c4C)c(C)c3C=C. The van der Waals surface area contributed by atoms with Crippen LogP contribution in [0.2, 0.25) is 0 Å². The predicted octanol–water partition coefficient (Wildman–Crippen LogP) is 7.17. The topological polar surface area (TPSA) is 124 Å². The predicted molar refractivity (Wildman–Crippen MR) is 175 cm³/mol. The summed E-state index contributed by atoms with van der Waals surface area (Å²) >= 11 is 0. The zero-order valence-electron chi connectivity index (χ0n) is 25.4. The molecule has 0 aliphatic carbocycles. The van der Waals surface area contributed by atoms with Crippen molar-refractivity contribution < 1.29 is 14.7 Å². The summed E-state index contributed by atoms with van der Waals surface area (Å²) < 4.78 is 0. The van der Waals surface area contributed by atoms with Gasteiger partial charge in [-0.15, -0.1) is 0 Å². The number of carbonyl (C=O) groups excluding carboxylic acids is 1. The molecular formula is C35H37N5O3. The first kappa shape index (κ1) is 29.5. The van der Waals surface area contributed by atoms with Crippen LogP contribution >= 0.6 is 0 Å². The average molecular weight is 576 g/mol.